The van der Waals surface area contributed by atoms with E-state index in [1.165, 1.54) is 11.1 Å². The fourth-order valence-electron chi connectivity index (χ4n) is 2.11. The van der Waals surface area contributed by atoms with Crippen LogP contribution in [0, 0.1) is 13.8 Å². The van der Waals surface area contributed by atoms with E-state index in [1.807, 2.05) is 32.0 Å². The van der Waals surface area contributed by atoms with Crippen LogP contribution in [0.1, 0.15) is 22.3 Å². The van der Waals surface area contributed by atoms with Crippen molar-refractivity contribution in [3.05, 3.63) is 58.7 Å². The van der Waals surface area contributed by atoms with E-state index >= 15 is 0 Å². The average Bonchev–Trinajstić information content (AvgIpc) is 2.34. The van der Waals surface area contributed by atoms with E-state index in [1.54, 1.807) is 13.2 Å². The van der Waals surface area contributed by atoms with Gasteiger partial charge in [0.15, 0.2) is 0 Å². The van der Waals surface area contributed by atoms with Gasteiger partial charge in [0.2, 0.25) is 0 Å². The van der Waals surface area contributed by atoms with Crippen LogP contribution < -0.4 is 4.74 Å². The van der Waals surface area contributed by atoms with Gasteiger partial charge in [-0.15, -0.1) is 0 Å². The summed E-state index contributed by atoms with van der Waals surface area (Å²) in [6.07, 6.45) is 0.867. The zero-order valence-electron chi connectivity index (χ0n) is 11.0. The van der Waals surface area contributed by atoms with Gasteiger partial charge in [0, 0.05) is 0 Å². The first-order valence-corrected chi connectivity index (χ1v) is 6.02. The van der Waals surface area contributed by atoms with E-state index in [9.17, 15) is 5.11 Å². The summed E-state index contributed by atoms with van der Waals surface area (Å²) < 4.78 is 5.25. The molecule has 0 aromatic heterocycles. The quantitative estimate of drug-likeness (QED) is 0.891. The third-order valence-electron chi connectivity index (χ3n) is 3.13. The van der Waals surface area contributed by atoms with Crippen LogP contribution in [0.15, 0.2) is 36.4 Å². The maximum atomic E-state index is 9.51. The van der Waals surface area contributed by atoms with Crippen molar-refractivity contribution in [2.24, 2.45) is 0 Å². The van der Waals surface area contributed by atoms with Gasteiger partial charge in [-0.1, -0.05) is 24.3 Å². The summed E-state index contributed by atoms with van der Waals surface area (Å²) in [4.78, 5) is 0. The van der Waals surface area contributed by atoms with E-state index in [0.29, 0.717) is 5.75 Å². The maximum Gasteiger partial charge on any atom is 0.121 e. The van der Waals surface area contributed by atoms with Crippen LogP contribution in [0.5, 0.6) is 11.5 Å². The molecule has 0 saturated heterocycles. The number of benzene rings is 2. The Hall–Kier alpha value is -1.96. The summed E-state index contributed by atoms with van der Waals surface area (Å²) in [5.74, 6) is 1.27. The van der Waals surface area contributed by atoms with Gasteiger partial charge in [0.1, 0.15) is 11.5 Å². The van der Waals surface area contributed by atoms with Gasteiger partial charge in [0.25, 0.3) is 0 Å². The molecule has 0 heterocycles. The van der Waals surface area contributed by atoms with Crippen molar-refractivity contribution in [2.75, 3.05) is 7.11 Å². The number of phenols is 1. The van der Waals surface area contributed by atoms with Gasteiger partial charge in [0.05, 0.1) is 7.11 Å². The molecule has 0 aliphatic carbocycles. The van der Waals surface area contributed by atoms with Crippen molar-refractivity contribution in [1.29, 1.82) is 0 Å². The zero-order chi connectivity index (χ0) is 13.1. The van der Waals surface area contributed by atoms with Crippen molar-refractivity contribution in [2.45, 2.75) is 20.3 Å². The number of rotatable bonds is 3. The highest BCUT2D eigenvalue weighted by atomic mass is 16.5. The molecule has 0 unspecified atom stereocenters. The van der Waals surface area contributed by atoms with Gasteiger partial charge >= 0.3 is 0 Å². The molecule has 2 heteroatoms. The van der Waals surface area contributed by atoms with E-state index in [0.717, 1.165) is 23.3 Å². The topological polar surface area (TPSA) is 29.5 Å². The molecule has 2 rings (SSSR count). The summed E-state index contributed by atoms with van der Waals surface area (Å²) in [5.41, 5.74) is 4.51. The second-order valence-electron chi connectivity index (χ2n) is 4.60. The first-order chi connectivity index (χ1) is 8.60. The smallest absolute Gasteiger partial charge is 0.121 e. The molecule has 0 fully saturated rings. The SMILES string of the molecule is COc1ccc(Cc2ccc(O)c(C)c2)cc1C. The normalized spacial score (nSPS) is 10.4. The third-order valence-corrected chi connectivity index (χ3v) is 3.13. The number of hydrogen-bond acceptors (Lipinski definition) is 2. The van der Waals surface area contributed by atoms with E-state index < -0.39 is 0 Å². The third kappa shape index (κ3) is 2.65. The Bertz CT molecular complexity index is 559. The molecule has 2 nitrogen and oxygen atoms in total. The summed E-state index contributed by atoms with van der Waals surface area (Å²) in [6.45, 7) is 3.96. The molecule has 0 aliphatic heterocycles. The maximum absolute atomic E-state index is 9.51. The largest absolute Gasteiger partial charge is 0.508 e. The highest BCUT2D eigenvalue weighted by molar-refractivity contribution is 5.40. The molecule has 0 bridgehead atoms. The molecular weight excluding hydrogens is 224 g/mol. The van der Waals surface area contributed by atoms with Crippen molar-refractivity contribution in [3.8, 4) is 11.5 Å². The highest BCUT2D eigenvalue weighted by Crippen LogP contribution is 2.22. The van der Waals surface area contributed by atoms with Crippen molar-refractivity contribution in [3.63, 3.8) is 0 Å². The number of hydrogen-bond donors (Lipinski definition) is 1. The average molecular weight is 242 g/mol. The van der Waals surface area contributed by atoms with Gasteiger partial charge in [-0.3, -0.25) is 0 Å². The zero-order valence-corrected chi connectivity index (χ0v) is 11.0. The summed E-state index contributed by atoms with van der Waals surface area (Å²) in [5, 5.41) is 9.51. The fourth-order valence-corrected chi connectivity index (χ4v) is 2.11. The van der Waals surface area contributed by atoms with Crippen LogP contribution in [0.4, 0.5) is 0 Å². The Labute approximate surface area is 108 Å². The molecule has 0 atom stereocenters. The second kappa shape index (κ2) is 5.13. The molecule has 1 N–H and O–H groups in total. The number of aromatic hydroxyl groups is 1. The number of ether oxygens (including phenoxy) is 1. The summed E-state index contributed by atoms with van der Waals surface area (Å²) in [6, 6.07) is 11.9. The minimum atomic E-state index is 0.352. The standard InChI is InChI=1S/C16H18O2/c1-11-8-13(4-6-15(11)17)10-14-5-7-16(18-3)12(2)9-14/h4-9,17H,10H2,1-3H3. The molecule has 2 aromatic rings. The molecule has 18 heavy (non-hydrogen) atoms. The molecule has 0 radical (unpaired) electrons. The van der Waals surface area contributed by atoms with E-state index in [2.05, 4.69) is 12.1 Å². The Morgan fingerprint density at radius 2 is 1.56 bits per heavy atom. The summed E-state index contributed by atoms with van der Waals surface area (Å²) in [7, 11) is 1.69. The van der Waals surface area contributed by atoms with Crippen LogP contribution in [-0.4, -0.2) is 12.2 Å². The van der Waals surface area contributed by atoms with Crippen LogP contribution in [-0.2, 0) is 6.42 Å². The molecule has 0 spiro atoms. The first kappa shape index (κ1) is 12.5. The van der Waals surface area contributed by atoms with Gasteiger partial charge < -0.3 is 9.84 Å². The first-order valence-electron chi connectivity index (χ1n) is 6.02. The van der Waals surface area contributed by atoms with Crippen molar-refractivity contribution >= 4 is 0 Å². The predicted molar refractivity (Wildman–Crippen MR) is 73.4 cm³/mol. The molecule has 94 valence electrons. The Morgan fingerprint density at radius 1 is 0.944 bits per heavy atom. The molecule has 2 aromatic carbocycles. The van der Waals surface area contributed by atoms with E-state index in [4.69, 9.17) is 4.74 Å². The fraction of sp³-hybridized carbons (Fsp3) is 0.250. The van der Waals surface area contributed by atoms with Gasteiger partial charge in [-0.05, 0) is 54.7 Å². The minimum absolute atomic E-state index is 0.352. The lowest BCUT2D eigenvalue weighted by Crippen LogP contribution is -1.92. The number of phenolic OH excluding ortho intramolecular Hbond substituents is 1. The summed E-state index contributed by atoms with van der Waals surface area (Å²) >= 11 is 0. The van der Waals surface area contributed by atoms with Gasteiger partial charge in [-0.2, -0.15) is 0 Å². The van der Waals surface area contributed by atoms with Crippen molar-refractivity contribution < 1.29 is 9.84 Å². The Balaban J connectivity index is 2.23. The molecule has 0 amide bonds. The molecule has 0 saturated carbocycles. The lowest BCUT2D eigenvalue weighted by atomic mass is 10.0. The molecular formula is C16H18O2. The lowest BCUT2D eigenvalue weighted by Gasteiger charge is -2.08. The highest BCUT2D eigenvalue weighted by Gasteiger charge is 2.03. The number of methoxy groups -OCH3 is 1. The van der Waals surface area contributed by atoms with Crippen LogP contribution in [0.25, 0.3) is 0 Å². The Kier molecular flexibility index (Phi) is 3.56. The predicted octanol–water partition coefficient (Wildman–Crippen LogP) is 3.61. The molecule has 0 aliphatic rings. The lowest BCUT2D eigenvalue weighted by molar-refractivity contribution is 0.411. The monoisotopic (exact) mass is 242 g/mol. The van der Waals surface area contributed by atoms with Gasteiger partial charge in [-0.25, -0.2) is 0 Å². The van der Waals surface area contributed by atoms with E-state index in [-0.39, 0.29) is 0 Å². The van der Waals surface area contributed by atoms with Crippen LogP contribution >= 0.6 is 0 Å². The second-order valence-corrected chi connectivity index (χ2v) is 4.60. The minimum Gasteiger partial charge on any atom is -0.508 e. The van der Waals surface area contributed by atoms with Crippen molar-refractivity contribution in [1.82, 2.24) is 0 Å². The van der Waals surface area contributed by atoms with Crippen LogP contribution in [0.2, 0.25) is 0 Å². The van der Waals surface area contributed by atoms with Crippen LogP contribution in [0.3, 0.4) is 0 Å². The number of aryl methyl sites for hydroxylation is 2. The Morgan fingerprint density at radius 3 is 2.11 bits per heavy atom.